The molecule has 1 aromatic carbocycles. The van der Waals surface area contributed by atoms with E-state index in [0.717, 1.165) is 18.5 Å². The molecule has 0 aliphatic heterocycles. The van der Waals surface area contributed by atoms with Crippen molar-refractivity contribution in [2.75, 3.05) is 38.7 Å². The van der Waals surface area contributed by atoms with E-state index >= 15 is 0 Å². The topological polar surface area (TPSA) is 88.5 Å². The summed E-state index contributed by atoms with van der Waals surface area (Å²) in [5.74, 6) is 0.188. The van der Waals surface area contributed by atoms with Gasteiger partial charge in [-0.3, -0.25) is 4.79 Å². The molecule has 0 atom stereocenters. The highest BCUT2D eigenvalue weighted by Crippen LogP contribution is 2.29. The maximum absolute atomic E-state index is 13.0. The number of hydrogen-bond acceptors (Lipinski definition) is 4. The number of halogens is 1. The minimum Gasteiger partial charge on any atom is -0.385 e. The Morgan fingerprint density at radius 2 is 1.94 bits per heavy atom. The van der Waals surface area contributed by atoms with Crippen molar-refractivity contribution in [1.82, 2.24) is 20.0 Å². The van der Waals surface area contributed by atoms with Gasteiger partial charge in [-0.25, -0.2) is 9.48 Å². The Morgan fingerprint density at radius 1 is 1.21 bits per heavy atom. The molecule has 3 amide bonds. The normalized spacial score (nSPS) is 11.3. The number of amides is 3. The van der Waals surface area contributed by atoms with Crippen LogP contribution in [0.2, 0.25) is 5.02 Å². The number of carbonyl (C=O) groups excluding carboxylic acids is 2. The number of ether oxygens (including phenoxy) is 1. The number of rotatable bonds is 11. The first-order chi connectivity index (χ1) is 15.7. The van der Waals surface area contributed by atoms with Crippen molar-refractivity contribution in [2.45, 2.75) is 52.4 Å². The Kier molecular flexibility index (Phi) is 10.2. The second-order valence-corrected chi connectivity index (χ2v) is 9.34. The summed E-state index contributed by atoms with van der Waals surface area (Å²) in [5.41, 5.74) is 1.25. The maximum Gasteiger partial charge on any atom is 0.317 e. The number of nitrogens with one attached hydrogen (secondary N) is 2. The Hall–Kier alpha value is -2.58. The van der Waals surface area contributed by atoms with Gasteiger partial charge >= 0.3 is 6.03 Å². The lowest BCUT2D eigenvalue weighted by Gasteiger charge is -2.22. The number of carbonyl (C=O) groups is 2. The van der Waals surface area contributed by atoms with Crippen LogP contribution in [0.15, 0.2) is 30.3 Å². The minimum absolute atomic E-state index is 0.0831. The summed E-state index contributed by atoms with van der Waals surface area (Å²) in [5, 5.41) is 11.0. The summed E-state index contributed by atoms with van der Waals surface area (Å²) in [6.07, 6.45) is 2.50. The summed E-state index contributed by atoms with van der Waals surface area (Å²) in [7, 11) is 1.61. The molecule has 0 aliphatic rings. The van der Waals surface area contributed by atoms with Crippen LogP contribution in [0.3, 0.4) is 0 Å². The van der Waals surface area contributed by atoms with E-state index < -0.39 is 0 Å². The predicted octanol–water partition coefficient (Wildman–Crippen LogP) is 4.61. The molecule has 1 heterocycles. The first kappa shape index (κ1) is 26.7. The van der Waals surface area contributed by atoms with E-state index in [4.69, 9.17) is 21.4 Å². The van der Waals surface area contributed by atoms with Crippen molar-refractivity contribution in [3.63, 3.8) is 0 Å². The van der Waals surface area contributed by atoms with E-state index in [1.807, 2.05) is 24.3 Å². The monoisotopic (exact) mass is 477 g/mol. The molecular weight excluding hydrogens is 442 g/mol. The van der Waals surface area contributed by atoms with E-state index in [1.165, 1.54) is 4.90 Å². The molecule has 0 bridgehead atoms. The molecule has 0 aliphatic carbocycles. The molecule has 0 unspecified atom stereocenters. The van der Waals surface area contributed by atoms with Gasteiger partial charge in [0.25, 0.3) is 0 Å². The summed E-state index contributed by atoms with van der Waals surface area (Å²) < 4.78 is 6.73. The summed E-state index contributed by atoms with van der Waals surface area (Å²) >= 11 is 6.40. The Labute approximate surface area is 201 Å². The lowest BCUT2D eigenvalue weighted by atomic mass is 9.92. The number of anilines is 1. The van der Waals surface area contributed by atoms with Crippen molar-refractivity contribution in [3.8, 4) is 5.69 Å². The van der Waals surface area contributed by atoms with Crippen LogP contribution >= 0.6 is 11.6 Å². The molecule has 0 fully saturated rings. The number of urea groups is 1. The fourth-order valence-electron chi connectivity index (χ4n) is 3.14. The first-order valence-corrected chi connectivity index (χ1v) is 11.7. The Bertz CT molecular complexity index is 923. The molecule has 8 nitrogen and oxygen atoms in total. The number of aromatic nitrogens is 2. The van der Waals surface area contributed by atoms with E-state index in [-0.39, 0.29) is 23.9 Å². The fraction of sp³-hybridized carbons (Fsp3) is 0.542. The molecule has 0 spiro atoms. The van der Waals surface area contributed by atoms with Gasteiger partial charge in [-0.1, -0.05) is 57.8 Å². The highest BCUT2D eigenvalue weighted by Gasteiger charge is 2.23. The number of nitrogens with zero attached hydrogens (tertiary/aromatic N) is 3. The molecule has 0 saturated carbocycles. The zero-order chi connectivity index (χ0) is 24.4. The van der Waals surface area contributed by atoms with Gasteiger partial charge in [-0.2, -0.15) is 5.10 Å². The van der Waals surface area contributed by atoms with Crippen LogP contribution in [0.25, 0.3) is 5.69 Å². The lowest BCUT2D eigenvalue weighted by Crippen LogP contribution is -2.45. The van der Waals surface area contributed by atoms with E-state index in [1.54, 1.807) is 17.9 Å². The first-order valence-electron chi connectivity index (χ1n) is 11.3. The van der Waals surface area contributed by atoms with E-state index in [2.05, 4.69) is 38.3 Å². The van der Waals surface area contributed by atoms with Gasteiger partial charge in [0.15, 0.2) is 0 Å². The molecule has 2 aromatic rings. The molecule has 9 heteroatoms. The van der Waals surface area contributed by atoms with Gasteiger partial charge in [-0.15, -0.1) is 0 Å². The number of methoxy groups -OCH3 is 1. The Morgan fingerprint density at radius 3 is 2.58 bits per heavy atom. The second-order valence-electron chi connectivity index (χ2n) is 8.93. The van der Waals surface area contributed by atoms with Crippen LogP contribution < -0.4 is 10.6 Å². The number of para-hydroxylation sites is 1. The molecule has 0 saturated heterocycles. The summed E-state index contributed by atoms with van der Waals surface area (Å²) in [4.78, 5) is 27.1. The predicted molar refractivity (Wildman–Crippen MR) is 132 cm³/mol. The summed E-state index contributed by atoms with van der Waals surface area (Å²) in [6, 6.07) is 8.91. The second kappa shape index (κ2) is 12.6. The van der Waals surface area contributed by atoms with Crippen molar-refractivity contribution in [2.24, 2.45) is 0 Å². The van der Waals surface area contributed by atoms with E-state index in [9.17, 15) is 9.59 Å². The van der Waals surface area contributed by atoms with Crippen LogP contribution in [-0.4, -0.2) is 60.0 Å². The van der Waals surface area contributed by atoms with Gasteiger partial charge in [0, 0.05) is 38.3 Å². The van der Waals surface area contributed by atoms with Crippen LogP contribution in [0, 0.1) is 0 Å². The number of benzene rings is 1. The van der Waals surface area contributed by atoms with Crippen LogP contribution in [-0.2, 0) is 14.9 Å². The smallest absolute Gasteiger partial charge is 0.317 e. The third kappa shape index (κ3) is 8.05. The average molecular weight is 478 g/mol. The van der Waals surface area contributed by atoms with Crippen molar-refractivity contribution >= 4 is 29.4 Å². The van der Waals surface area contributed by atoms with Gasteiger partial charge in [0.05, 0.1) is 16.4 Å². The molecule has 2 N–H and O–H groups in total. The van der Waals surface area contributed by atoms with Crippen molar-refractivity contribution in [1.29, 1.82) is 0 Å². The fourth-order valence-corrected chi connectivity index (χ4v) is 3.35. The third-order valence-corrected chi connectivity index (χ3v) is 5.35. The van der Waals surface area contributed by atoms with Crippen LogP contribution in [0.1, 0.15) is 52.7 Å². The number of hydrogen-bond donors (Lipinski definition) is 2. The molecule has 2 rings (SSSR count). The third-order valence-electron chi connectivity index (χ3n) is 5.03. The molecule has 182 valence electrons. The van der Waals surface area contributed by atoms with Gasteiger partial charge in [0.1, 0.15) is 12.4 Å². The maximum atomic E-state index is 13.0. The van der Waals surface area contributed by atoms with Crippen molar-refractivity contribution in [3.05, 3.63) is 41.0 Å². The number of unbranched alkanes of at least 4 members (excludes halogenated alkanes) is 1. The standard InChI is InChI=1S/C24H36ClN5O3/c1-6-7-13-26-23(32)29(14-10-15-33-5)17-22(31)27-21-16-20(24(2,3)4)28-30(21)19-12-9-8-11-18(19)25/h8-9,11-12,16H,6-7,10,13-15,17H2,1-5H3,(H,26,32)(H,27,31). The zero-order valence-corrected chi connectivity index (χ0v) is 21.0. The molecular formula is C24H36ClN5O3. The lowest BCUT2D eigenvalue weighted by molar-refractivity contribution is -0.116. The average Bonchev–Trinajstić information content (AvgIpc) is 3.17. The highest BCUT2D eigenvalue weighted by atomic mass is 35.5. The zero-order valence-electron chi connectivity index (χ0n) is 20.3. The van der Waals surface area contributed by atoms with Crippen LogP contribution in [0.5, 0.6) is 0 Å². The molecule has 1 aromatic heterocycles. The minimum atomic E-state index is -0.313. The largest absolute Gasteiger partial charge is 0.385 e. The van der Waals surface area contributed by atoms with E-state index in [0.29, 0.717) is 42.6 Å². The van der Waals surface area contributed by atoms with Gasteiger partial charge in [-0.05, 0) is 25.0 Å². The summed E-state index contributed by atoms with van der Waals surface area (Å²) in [6.45, 7) is 9.63. The van der Waals surface area contributed by atoms with Crippen LogP contribution in [0.4, 0.5) is 10.6 Å². The Balaban J connectivity index is 2.22. The quantitative estimate of drug-likeness (QED) is 0.462. The van der Waals surface area contributed by atoms with Crippen molar-refractivity contribution < 1.29 is 14.3 Å². The highest BCUT2D eigenvalue weighted by molar-refractivity contribution is 6.32. The molecule has 0 radical (unpaired) electrons. The molecule has 33 heavy (non-hydrogen) atoms. The van der Waals surface area contributed by atoms with Gasteiger partial charge in [0.2, 0.25) is 5.91 Å². The van der Waals surface area contributed by atoms with Gasteiger partial charge < -0.3 is 20.3 Å². The SMILES string of the molecule is CCCCNC(=O)N(CCCOC)CC(=O)Nc1cc(C(C)(C)C)nn1-c1ccccc1Cl.